The first-order valence-electron chi connectivity index (χ1n) is 6.28. The molecular formula is C14H17BrClNS2. The Morgan fingerprint density at radius 2 is 1.95 bits per heavy atom. The Morgan fingerprint density at radius 1 is 1.26 bits per heavy atom. The average Bonchev–Trinajstić information content (AvgIpc) is 2.85. The van der Waals surface area contributed by atoms with Gasteiger partial charge in [0, 0.05) is 14.6 Å². The lowest BCUT2D eigenvalue weighted by Crippen LogP contribution is -2.21. The van der Waals surface area contributed by atoms with Gasteiger partial charge in [-0.2, -0.15) is 0 Å². The third-order valence-electron chi connectivity index (χ3n) is 3.02. The SMILES string of the molecule is CCCNC(c1cc(C)c(C)s1)c1cc(Cl)c(Br)s1. The fourth-order valence-corrected chi connectivity index (χ4v) is 4.93. The molecule has 0 fully saturated rings. The normalized spacial score (nSPS) is 12.9. The van der Waals surface area contributed by atoms with Gasteiger partial charge >= 0.3 is 0 Å². The molecule has 0 saturated carbocycles. The van der Waals surface area contributed by atoms with Gasteiger partial charge in [-0.3, -0.25) is 0 Å². The molecule has 0 bridgehead atoms. The quantitative estimate of drug-likeness (QED) is 0.679. The van der Waals surface area contributed by atoms with Crippen LogP contribution in [0.25, 0.3) is 0 Å². The van der Waals surface area contributed by atoms with E-state index in [1.807, 2.05) is 11.3 Å². The smallest absolute Gasteiger partial charge is 0.0888 e. The van der Waals surface area contributed by atoms with Crippen LogP contribution in [0.3, 0.4) is 0 Å². The highest BCUT2D eigenvalue weighted by molar-refractivity contribution is 9.11. The largest absolute Gasteiger partial charge is 0.305 e. The van der Waals surface area contributed by atoms with Gasteiger partial charge < -0.3 is 5.32 Å². The van der Waals surface area contributed by atoms with E-state index in [2.05, 4.69) is 54.2 Å². The summed E-state index contributed by atoms with van der Waals surface area (Å²) in [5, 5.41) is 4.42. The predicted molar refractivity (Wildman–Crippen MR) is 91.0 cm³/mol. The van der Waals surface area contributed by atoms with Gasteiger partial charge in [-0.15, -0.1) is 22.7 Å². The van der Waals surface area contributed by atoms with E-state index in [4.69, 9.17) is 11.6 Å². The summed E-state index contributed by atoms with van der Waals surface area (Å²) in [5.74, 6) is 0. The molecule has 104 valence electrons. The van der Waals surface area contributed by atoms with Gasteiger partial charge in [0.15, 0.2) is 0 Å². The monoisotopic (exact) mass is 377 g/mol. The lowest BCUT2D eigenvalue weighted by Gasteiger charge is -2.15. The Hall–Kier alpha value is 0.130. The van der Waals surface area contributed by atoms with Crippen molar-refractivity contribution < 1.29 is 0 Å². The number of nitrogens with one attached hydrogen (secondary N) is 1. The summed E-state index contributed by atoms with van der Waals surface area (Å²) in [5.41, 5.74) is 1.37. The molecule has 0 saturated heterocycles. The second kappa shape index (κ2) is 6.72. The van der Waals surface area contributed by atoms with Gasteiger partial charge in [-0.25, -0.2) is 0 Å². The van der Waals surface area contributed by atoms with E-state index in [0.29, 0.717) is 0 Å². The van der Waals surface area contributed by atoms with E-state index in [0.717, 1.165) is 21.8 Å². The molecule has 1 atom stereocenters. The Bertz CT molecular complexity index is 477. The van der Waals surface area contributed by atoms with Crippen molar-refractivity contribution >= 4 is 50.2 Å². The lowest BCUT2D eigenvalue weighted by atomic mass is 10.1. The van der Waals surface area contributed by atoms with Crippen LogP contribution in [0.1, 0.15) is 39.6 Å². The van der Waals surface area contributed by atoms with Crippen LogP contribution in [0.15, 0.2) is 15.9 Å². The molecule has 0 aliphatic carbocycles. The van der Waals surface area contributed by atoms with Crippen molar-refractivity contribution in [2.45, 2.75) is 33.2 Å². The maximum absolute atomic E-state index is 6.17. The van der Waals surface area contributed by atoms with Crippen LogP contribution in [0.4, 0.5) is 0 Å². The predicted octanol–water partition coefficient (Wildman–Crippen LogP) is 5.93. The van der Waals surface area contributed by atoms with Crippen molar-refractivity contribution in [2.75, 3.05) is 6.54 Å². The fourth-order valence-electron chi connectivity index (χ4n) is 1.88. The molecule has 0 spiro atoms. The minimum absolute atomic E-state index is 0.256. The van der Waals surface area contributed by atoms with E-state index in [1.165, 1.54) is 20.2 Å². The van der Waals surface area contributed by atoms with Crippen molar-refractivity contribution in [1.82, 2.24) is 5.32 Å². The first kappa shape index (κ1) is 15.5. The minimum atomic E-state index is 0.256. The number of rotatable bonds is 5. The molecule has 2 aromatic heterocycles. The topological polar surface area (TPSA) is 12.0 Å². The van der Waals surface area contributed by atoms with Gasteiger partial charge in [-0.1, -0.05) is 18.5 Å². The Morgan fingerprint density at radius 3 is 2.42 bits per heavy atom. The lowest BCUT2D eigenvalue weighted by molar-refractivity contribution is 0.613. The Balaban J connectivity index is 2.34. The summed E-state index contributed by atoms with van der Waals surface area (Å²) in [4.78, 5) is 4.03. The fraction of sp³-hybridized carbons (Fsp3) is 0.429. The molecule has 19 heavy (non-hydrogen) atoms. The van der Waals surface area contributed by atoms with Crippen LogP contribution >= 0.6 is 50.2 Å². The van der Waals surface area contributed by atoms with Crippen molar-refractivity contribution in [3.05, 3.63) is 41.1 Å². The molecule has 0 aliphatic rings. The van der Waals surface area contributed by atoms with Crippen LogP contribution in [0.5, 0.6) is 0 Å². The second-order valence-corrected chi connectivity index (χ2v) is 8.64. The van der Waals surface area contributed by atoms with E-state index in [1.54, 1.807) is 11.3 Å². The molecule has 5 heteroatoms. The van der Waals surface area contributed by atoms with E-state index in [9.17, 15) is 0 Å². The van der Waals surface area contributed by atoms with Gasteiger partial charge in [0.05, 0.1) is 14.9 Å². The molecule has 2 aromatic rings. The van der Waals surface area contributed by atoms with Crippen molar-refractivity contribution in [2.24, 2.45) is 0 Å². The summed E-state index contributed by atoms with van der Waals surface area (Å²) in [6.45, 7) is 7.54. The summed E-state index contributed by atoms with van der Waals surface area (Å²) in [6, 6.07) is 4.61. The molecule has 0 amide bonds. The van der Waals surface area contributed by atoms with Gasteiger partial charge in [0.1, 0.15) is 0 Å². The van der Waals surface area contributed by atoms with E-state index >= 15 is 0 Å². The zero-order valence-corrected chi connectivity index (χ0v) is 15.2. The summed E-state index contributed by atoms with van der Waals surface area (Å²) in [7, 11) is 0. The van der Waals surface area contributed by atoms with Crippen molar-refractivity contribution in [1.29, 1.82) is 0 Å². The first-order chi connectivity index (χ1) is 9.02. The molecule has 1 unspecified atom stereocenters. The molecule has 0 aromatic carbocycles. The molecule has 0 radical (unpaired) electrons. The molecule has 1 nitrogen and oxygen atoms in total. The Kier molecular flexibility index (Phi) is 5.49. The third-order valence-corrected chi connectivity index (χ3v) is 6.77. The highest BCUT2D eigenvalue weighted by Gasteiger charge is 2.19. The van der Waals surface area contributed by atoms with Crippen LogP contribution < -0.4 is 5.32 Å². The molecule has 2 rings (SSSR count). The molecule has 0 aliphatic heterocycles. The summed E-state index contributed by atoms with van der Waals surface area (Å²) in [6.07, 6.45) is 1.13. The molecule has 1 N–H and O–H groups in total. The van der Waals surface area contributed by atoms with Crippen LogP contribution in [0.2, 0.25) is 5.02 Å². The zero-order valence-electron chi connectivity index (χ0n) is 11.2. The zero-order chi connectivity index (χ0) is 14.0. The van der Waals surface area contributed by atoms with Crippen LogP contribution in [-0.4, -0.2) is 6.54 Å². The number of halogens is 2. The molecule has 2 heterocycles. The average molecular weight is 379 g/mol. The van der Waals surface area contributed by atoms with Crippen LogP contribution in [0, 0.1) is 13.8 Å². The Labute approximate surface area is 136 Å². The third kappa shape index (κ3) is 3.61. The maximum atomic E-state index is 6.17. The number of aryl methyl sites for hydroxylation is 2. The highest BCUT2D eigenvalue weighted by Crippen LogP contribution is 2.39. The molecular weight excluding hydrogens is 362 g/mol. The van der Waals surface area contributed by atoms with E-state index in [-0.39, 0.29) is 6.04 Å². The second-order valence-electron chi connectivity index (χ2n) is 4.55. The number of thiophene rings is 2. The van der Waals surface area contributed by atoms with Crippen molar-refractivity contribution in [3.8, 4) is 0 Å². The van der Waals surface area contributed by atoms with Gasteiger partial charge in [-0.05, 0) is 60.4 Å². The summed E-state index contributed by atoms with van der Waals surface area (Å²) >= 11 is 13.3. The van der Waals surface area contributed by atoms with Gasteiger partial charge in [0.25, 0.3) is 0 Å². The first-order valence-corrected chi connectivity index (χ1v) is 9.08. The van der Waals surface area contributed by atoms with Crippen molar-refractivity contribution in [3.63, 3.8) is 0 Å². The van der Waals surface area contributed by atoms with E-state index < -0.39 is 0 Å². The number of hydrogen-bond acceptors (Lipinski definition) is 3. The highest BCUT2D eigenvalue weighted by atomic mass is 79.9. The standard InChI is InChI=1S/C14H17BrClNS2/c1-4-5-17-13(11-6-8(2)9(3)18-11)12-7-10(16)14(15)19-12/h6-7,13,17H,4-5H2,1-3H3. The number of hydrogen-bond donors (Lipinski definition) is 1. The van der Waals surface area contributed by atoms with Gasteiger partial charge in [0.2, 0.25) is 0 Å². The minimum Gasteiger partial charge on any atom is -0.305 e. The summed E-state index contributed by atoms with van der Waals surface area (Å²) < 4.78 is 1.01. The maximum Gasteiger partial charge on any atom is 0.0888 e. The van der Waals surface area contributed by atoms with Crippen LogP contribution in [-0.2, 0) is 0 Å².